The predicted octanol–water partition coefficient (Wildman–Crippen LogP) is 5.25. The van der Waals surface area contributed by atoms with Gasteiger partial charge in [-0.15, -0.1) is 0 Å². The summed E-state index contributed by atoms with van der Waals surface area (Å²) in [7, 11) is 3.09. The summed E-state index contributed by atoms with van der Waals surface area (Å²) >= 11 is 1.33. The Kier molecular flexibility index (Phi) is 5.74. The third kappa shape index (κ3) is 3.91. The molecule has 0 saturated carbocycles. The van der Waals surface area contributed by atoms with Crippen LogP contribution in [-0.4, -0.2) is 36.0 Å². The third-order valence-corrected chi connectivity index (χ3v) is 6.97. The number of aliphatic hydroxyl groups excluding tert-OH is 1. The zero-order valence-electron chi connectivity index (χ0n) is 19.3. The molecule has 0 radical (unpaired) electrons. The lowest BCUT2D eigenvalue weighted by atomic mass is 9.95. The van der Waals surface area contributed by atoms with E-state index in [1.807, 2.05) is 25.1 Å². The van der Waals surface area contributed by atoms with E-state index < -0.39 is 17.7 Å². The number of aliphatic hydroxyl groups is 1. The van der Waals surface area contributed by atoms with Gasteiger partial charge in [-0.25, -0.2) is 4.98 Å². The van der Waals surface area contributed by atoms with Gasteiger partial charge in [-0.1, -0.05) is 29.5 Å². The second kappa shape index (κ2) is 8.88. The number of thiazole rings is 1. The highest BCUT2D eigenvalue weighted by atomic mass is 32.1. The average molecular weight is 487 g/mol. The van der Waals surface area contributed by atoms with E-state index in [0.717, 1.165) is 15.8 Å². The number of Topliss-reactive ketones (excluding diaryl/α,β-unsaturated/α-hetero) is 1. The number of benzene rings is 3. The largest absolute Gasteiger partial charge is 0.507 e. The van der Waals surface area contributed by atoms with Gasteiger partial charge in [-0.2, -0.15) is 0 Å². The minimum atomic E-state index is -0.881. The standard InChI is InChI=1S/C27H22N2O5S/c1-15-7-12-20-21(13-15)35-27(28-20)29-23(17-5-4-6-19(14-17)34-3)22(25(31)26(29)32)24(30)16-8-10-18(33-2)11-9-16/h4-14,23,30H,1-3H3. The Bertz CT molecular complexity index is 1490. The van der Waals surface area contributed by atoms with Gasteiger partial charge in [-0.05, 0) is 66.6 Å². The lowest BCUT2D eigenvalue weighted by Crippen LogP contribution is -2.29. The Morgan fingerprint density at radius 2 is 1.71 bits per heavy atom. The maximum atomic E-state index is 13.4. The minimum absolute atomic E-state index is 0.0103. The molecule has 8 heteroatoms. The van der Waals surface area contributed by atoms with Crippen molar-refractivity contribution in [3.63, 3.8) is 0 Å². The Morgan fingerprint density at radius 3 is 2.43 bits per heavy atom. The number of carbonyl (C=O) groups excluding carboxylic acids is 2. The molecule has 5 rings (SSSR count). The molecule has 3 aromatic carbocycles. The van der Waals surface area contributed by atoms with E-state index in [4.69, 9.17) is 9.47 Å². The summed E-state index contributed by atoms with van der Waals surface area (Å²) in [4.78, 5) is 32.7. The van der Waals surface area contributed by atoms with Gasteiger partial charge in [0.05, 0.1) is 36.1 Å². The maximum Gasteiger partial charge on any atom is 0.301 e. The van der Waals surface area contributed by atoms with Crippen LogP contribution in [0.1, 0.15) is 22.7 Å². The molecular weight excluding hydrogens is 464 g/mol. The molecule has 1 fully saturated rings. The number of nitrogens with zero attached hydrogens (tertiary/aromatic N) is 2. The highest BCUT2D eigenvalue weighted by Gasteiger charge is 2.48. The average Bonchev–Trinajstić information content (AvgIpc) is 3.41. The van der Waals surface area contributed by atoms with Crippen LogP contribution in [-0.2, 0) is 9.59 Å². The van der Waals surface area contributed by atoms with Crippen LogP contribution >= 0.6 is 11.3 Å². The number of fused-ring (bicyclic) bond motifs is 1. The summed E-state index contributed by atoms with van der Waals surface area (Å²) in [5.74, 6) is -0.614. The molecule has 1 atom stereocenters. The van der Waals surface area contributed by atoms with Gasteiger partial charge in [-0.3, -0.25) is 14.5 Å². The van der Waals surface area contributed by atoms with Crippen LogP contribution in [0.4, 0.5) is 5.13 Å². The first-order valence-corrected chi connectivity index (χ1v) is 11.7. The van der Waals surface area contributed by atoms with Crippen molar-refractivity contribution in [1.82, 2.24) is 4.98 Å². The third-order valence-electron chi connectivity index (χ3n) is 5.96. The van der Waals surface area contributed by atoms with Crippen molar-refractivity contribution >= 4 is 44.1 Å². The molecule has 0 spiro atoms. The zero-order valence-corrected chi connectivity index (χ0v) is 20.1. The number of carbonyl (C=O) groups is 2. The molecule has 176 valence electrons. The fourth-order valence-corrected chi connectivity index (χ4v) is 5.27. The highest BCUT2D eigenvalue weighted by Crippen LogP contribution is 2.45. The molecule has 4 aromatic rings. The van der Waals surface area contributed by atoms with Gasteiger partial charge in [0.15, 0.2) is 5.13 Å². The van der Waals surface area contributed by atoms with Gasteiger partial charge < -0.3 is 14.6 Å². The number of methoxy groups -OCH3 is 2. The van der Waals surface area contributed by atoms with Crippen LogP contribution in [0.15, 0.2) is 72.3 Å². The number of ketones is 1. The zero-order chi connectivity index (χ0) is 24.7. The Hall–Kier alpha value is -4.17. The summed E-state index contributed by atoms with van der Waals surface area (Å²) in [5.41, 5.74) is 2.81. The summed E-state index contributed by atoms with van der Waals surface area (Å²) in [5, 5.41) is 11.6. The van der Waals surface area contributed by atoms with Crippen molar-refractivity contribution in [2.45, 2.75) is 13.0 Å². The van der Waals surface area contributed by atoms with Crippen molar-refractivity contribution in [2.24, 2.45) is 0 Å². The molecule has 0 bridgehead atoms. The Labute approximate surface area is 205 Å². The summed E-state index contributed by atoms with van der Waals surface area (Å²) in [6.45, 7) is 1.98. The Balaban J connectivity index is 1.72. The molecule has 1 saturated heterocycles. The smallest absolute Gasteiger partial charge is 0.301 e. The van der Waals surface area contributed by atoms with E-state index in [0.29, 0.717) is 27.8 Å². The number of ether oxygens (including phenoxy) is 2. The number of hydrogen-bond donors (Lipinski definition) is 1. The van der Waals surface area contributed by atoms with E-state index in [1.54, 1.807) is 62.8 Å². The van der Waals surface area contributed by atoms with Crippen LogP contribution in [0.3, 0.4) is 0 Å². The fourth-order valence-electron chi connectivity index (χ4n) is 4.18. The van der Waals surface area contributed by atoms with E-state index in [1.165, 1.54) is 16.2 Å². The maximum absolute atomic E-state index is 13.4. The van der Waals surface area contributed by atoms with Crippen molar-refractivity contribution in [3.8, 4) is 11.5 Å². The summed E-state index contributed by atoms with van der Waals surface area (Å²) < 4.78 is 11.5. The van der Waals surface area contributed by atoms with E-state index in [2.05, 4.69) is 4.98 Å². The monoisotopic (exact) mass is 486 g/mol. The molecule has 0 aliphatic carbocycles. The lowest BCUT2D eigenvalue weighted by molar-refractivity contribution is -0.132. The molecule has 35 heavy (non-hydrogen) atoms. The van der Waals surface area contributed by atoms with Crippen LogP contribution < -0.4 is 14.4 Å². The summed E-state index contributed by atoms with van der Waals surface area (Å²) in [6.07, 6.45) is 0. The quantitative estimate of drug-likeness (QED) is 0.236. The van der Waals surface area contributed by atoms with Crippen molar-refractivity contribution in [2.75, 3.05) is 19.1 Å². The molecule has 2 heterocycles. The van der Waals surface area contributed by atoms with Gasteiger partial charge in [0.25, 0.3) is 5.78 Å². The van der Waals surface area contributed by atoms with Gasteiger partial charge in [0.2, 0.25) is 0 Å². The van der Waals surface area contributed by atoms with E-state index in [9.17, 15) is 14.7 Å². The minimum Gasteiger partial charge on any atom is -0.507 e. The molecule has 1 amide bonds. The number of aryl methyl sites for hydroxylation is 1. The summed E-state index contributed by atoms with van der Waals surface area (Å²) in [6, 6.07) is 18.7. The molecule has 7 nitrogen and oxygen atoms in total. The number of amides is 1. The van der Waals surface area contributed by atoms with Crippen LogP contribution in [0, 0.1) is 6.92 Å². The van der Waals surface area contributed by atoms with Gasteiger partial charge in [0.1, 0.15) is 17.3 Å². The molecule has 1 aliphatic heterocycles. The first-order valence-electron chi connectivity index (χ1n) is 10.9. The number of hydrogen-bond acceptors (Lipinski definition) is 7. The predicted molar refractivity (Wildman–Crippen MR) is 135 cm³/mol. The van der Waals surface area contributed by atoms with Crippen LogP contribution in [0.2, 0.25) is 0 Å². The molecule has 1 unspecified atom stereocenters. The van der Waals surface area contributed by atoms with Gasteiger partial charge >= 0.3 is 5.91 Å². The SMILES string of the molecule is COc1ccc(C(O)=C2C(=O)C(=O)N(c3nc4ccc(C)cc4s3)C2c2cccc(OC)c2)cc1. The van der Waals surface area contributed by atoms with E-state index >= 15 is 0 Å². The van der Waals surface area contributed by atoms with Crippen LogP contribution in [0.25, 0.3) is 16.0 Å². The normalized spacial score (nSPS) is 17.2. The second-order valence-electron chi connectivity index (χ2n) is 8.14. The second-order valence-corrected chi connectivity index (χ2v) is 9.15. The fraction of sp³-hybridized carbons (Fsp3) is 0.148. The van der Waals surface area contributed by atoms with Gasteiger partial charge in [0, 0.05) is 5.56 Å². The molecule has 1 aromatic heterocycles. The molecule has 1 N–H and O–H groups in total. The number of aromatic nitrogens is 1. The van der Waals surface area contributed by atoms with Crippen molar-refractivity contribution in [1.29, 1.82) is 0 Å². The van der Waals surface area contributed by atoms with E-state index in [-0.39, 0.29) is 11.3 Å². The van der Waals surface area contributed by atoms with Crippen LogP contribution in [0.5, 0.6) is 11.5 Å². The topological polar surface area (TPSA) is 89.0 Å². The number of anilines is 1. The first kappa shape index (κ1) is 22.6. The molecular formula is C27H22N2O5S. The molecule has 1 aliphatic rings. The Morgan fingerprint density at radius 1 is 0.971 bits per heavy atom. The number of rotatable bonds is 5. The van der Waals surface area contributed by atoms with Crippen molar-refractivity contribution in [3.05, 3.63) is 89.0 Å². The first-order chi connectivity index (χ1) is 16.9. The lowest BCUT2D eigenvalue weighted by Gasteiger charge is -2.23. The van der Waals surface area contributed by atoms with Crippen molar-refractivity contribution < 1.29 is 24.2 Å². The highest BCUT2D eigenvalue weighted by molar-refractivity contribution is 7.22.